The molecule has 2 aromatic carbocycles. The van der Waals surface area contributed by atoms with Gasteiger partial charge in [0.15, 0.2) is 0 Å². The average molecular weight is 360 g/mol. The number of anilines is 2. The number of phenolic OH excluding ortho intramolecular Hbond substituents is 1. The fourth-order valence-electron chi connectivity index (χ4n) is 2.79. The molecule has 1 aliphatic heterocycles. The number of rotatable bonds is 2. The Hall–Kier alpha value is -2.44. The van der Waals surface area contributed by atoms with Crippen molar-refractivity contribution in [3.05, 3.63) is 52.4 Å². The van der Waals surface area contributed by atoms with Crippen molar-refractivity contribution < 1.29 is 9.90 Å². The van der Waals surface area contributed by atoms with Crippen LogP contribution >= 0.6 is 22.9 Å². The number of hydrogen-bond donors (Lipinski definition) is 3. The summed E-state index contributed by atoms with van der Waals surface area (Å²) in [5, 5.41) is 15.9. The number of aromatic hydroxyl groups is 1. The molecule has 0 radical (unpaired) electrons. The number of hydrogen-bond acceptors (Lipinski definition) is 5. The van der Waals surface area contributed by atoms with Crippen molar-refractivity contribution in [3.8, 4) is 5.75 Å². The molecule has 3 aromatic rings. The molecular formula is C17H14ClN3O2S. The second-order valence-electron chi connectivity index (χ2n) is 5.60. The van der Waals surface area contributed by atoms with Crippen molar-refractivity contribution in [1.29, 1.82) is 0 Å². The predicted molar refractivity (Wildman–Crippen MR) is 98.0 cm³/mol. The van der Waals surface area contributed by atoms with Crippen LogP contribution in [0.15, 0.2) is 42.5 Å². The van der Waals surface area contributed by atoms with Gasteiger partial charge in [-0.2, -0.15) is 0 Å². The number of phenols is 1. The van der Waals surface area contributed by atoms with Crippen LogP contribution in [0.1, 0.15) is 16.6 Å². The Morgan fingerprint density at radius 2 is 2.00 bits per heavy atom. The van der Waals surface area contributed by atoms with Crippen molar-refractivity contribution in [2.24, 2.45) is 0 Å². The molecule has 7 heteroatoms. The highest BCUT2D eigenvalue weighted by molar-refractivity contribution is 7.21. The maximum Gasteiger partial charge on any atom is 0.265 e. The average Bonchev–Trinajstić information content (AvgIpc) is 2.92. The first-order valence-corrected chi connectivity index (χ1v) is 8.60. The maximum absolute atomic E-state index is 12.4. The molecule has 1 aromatic heterocycles. The minimum absolute atomic E-state index is 0.0846. The van der Waals surface area contributed by atoms with Gasteiger partial charge in [0.05, 0.1) is 11.4 Å². The molecule has 122 valence electrons. The quantitative estimate of drug-likeness (QED) is 0.600. The first-order valence-electron chi connectivity index (χ1n) is 7.41. The molecule has 0 saturated carbocycles. The lowest BCUT2D eigenvalue weighted by molar-refractivity contribution is 0.0937. The van der Waals surface area contributed by atoms with E-state index in [1.807, 2.05) is 30.1 Å². The smallest absolute Gasteiger partial charge is 0.265 e. The molecule has 0 spiro atoms. The zero-order chi connectivity index (χ0) is 16.8. The van der Waals surface area contributed by atoms with Gasteiger partial charge in [0.25, 0.3) is 5.91 Å². The molecule has 0 bridgehead atoms. The topological polar surface area (TPSA) is 64.6 Å². The van der Waals surface area contributed by atoms with E-state index in [-0.39, 0.29) is 17.8 Å². The first kappa shape index (κ1) is 15.1. The summed E-state index contributed by atoms with van der Waals surface area (Å²) in [5.41, 5.74) is 4.93. The number of nitrogens with zero attached hydrogens (tertiary/aromatic N) is 1. The van der Waals surface area contributed by atoms with E-state index >= 15 is 0 Å². The van der Waals surface area contributed by atoms with Crippen LogP contribution in [0.4, 0.5) is 11.4 Å². The van der Waals surface area contributed by atoms with Crippen molar-refractivity contribution in [2.45, 2.75) is 13.1 Å². The Morgan fingerprint density at radius 3 is 2.75 bits per heavy atom. The van der Waals surface area contributed by atoms with Gasteiger partial charge in [-0.1, -0.05) is 11.6 Å². The summed E-state index contributed by atoms with van der Waals surface area (Å²) < 4.78 is 1.01. The van der Waals surface area contributed by atoms with E-state index in [1.165, 1.54) is 11.3 Å². The largest absolute Gasteiger partial charge is 0.508 e. The van der Waals surface area contributed by atoms with Gasteiger partial charge in [-0.15, -0.1) is 11.3 Å². The zero-order valence-electron chi connectivity index (χ0n) is 12.7. The molecule has 1 amide bonds. The Balaban J connectivity index is 1.84. The van der Waals surface area contributed by atoms with E-state index < -0.39 is 0 Å². The van der Waals surface area contributed by atoms with E-state index in [4.69, 9.17) is 11.6 Å². The number of amides is 1. The summed E-state index contributed by atoms with van der Waals surface area (Å²) in [4.78, 5) is 13.0. The van der Waals surface area contributed by atoms with Gasteiger partial charge in [-0.05, 0) is 49.4 Å². The zero-order valence-corrected chi connectivity index (χ0v) is 14.3. The van der Waals surface area contributed by atoms with Crippen molar-refractivity contribution in [1.82, 2.24) is 5.32 Å². The van der Waals surface area contributed by atoms with Crippen LogP contribution in [0, 0.1) is 0 Å². The van der Waals surface area contributed by atoms with Gasteiger partial charge in [0.2, 0.25) is 0 Å². The maximum atomic E-state index is 12.4. The van der Waals surface area contributed by atoms with Crippen molar-refractivity contribution in [2.75, 3.05) is 10.4 Å². The number of nitrogens with one attached hydrogen (secondary N) is 2. The Bertz CT molecular complexity index is 939. The third-order valence-corrected chi connectivity index (χ3v) is 5.31. The van der Waals surface area contributed by atoms with Crippen LogP contribution in [-0.2, 0) is 0 Å². The van der Waals surface area contributed by atoms with Crippen LogP contribution in [0.25, 0.3) is 10.1 Å². The van der Waals surface area contributed by atoms with E-state index in [9.17, 15) is 9.90 Å². The second-order valence-corrected chi connectivity index (χ2v) is 7.09. The van der Waals surface area contributed by atoms with Gasteiger partial charge in [0, 0.05) is 15.1 Å². The minimum atomic E-state index is -0.240. The van der Waals surface area contributed by atoms with Gasteiger partial charge >= 0.3 is 0 Å². The van der Waals surface area contributed by atoms with Gasteiger partial charge in [-0.25, -0.2) is 0 Å². The second kappa shape index (κ2) is 5.58. The summed E-state index contributed by atoms with van der Waals surface area (Å²) in [5.74, 6) is 0.118. The van der Waals surface area contributed by atoms with Gasteiger partial charge < -0.3 is 10.4 Å². The van der Waals surface area contributed by atoms with E-state index in [2.05, 4.69) is 10.7 Å². The first-order chi connectivity index (χ1) is 11.5. The molecule has 1 atom stereocenters. The normalized spacial score (nSPS) is 16.8. The highest BCUT2D eigenvalue weighted by Crippen LogP contribution is 2.42. The number of halogens is 1. The van der Waals surface area contributed by atoms with Gasteiger partial charge in [0.1, 0.15) is 16.8 Å². The highest BCUT2D eigenvalue weighted by atomic mass is 35.5. The minimum Gasteiger partial charge on any atom is -0.508 e. The standard InChI is InChI=1S/C17H14ClN3O2S/c1-9-19-17(23)16-15(13-8-10(18)2-7-14(13)24-16)21(9)20-11-3-5-12(22)6-4-11/h2-9,20,22H,1H3,(H,19,23). The molecule has 0 aliphatic carbocycles. The van der Waals surface area contributed by atoms with E-state index in [0.717, 1.165) is 21.5 Å². The molecule has 4 rings (SSSR count). The lowest BCUT2D eigenvalue weighted by Crippen LogP contribution is -2.53. The van der Waals surface area contributed by atoms with Crippen LogP contribution in [-0.4, -0.2) is 17.2 Å². The number of benzene rings is 2. The summed E-state index contributed by atoms with van der Waals surface area (Å²) in [6, 6.07) is 12.4. The molecule has 24 heavy (non-hydrogen) atoms. The van der Waals surface area contributed by atoms with Gasteiger partial charge in [-0.3, -0.25) is 15.2 Å². The van der Waals surface area contributed by atoms with Crippen LogP contribution in [0.2, 0.25) is 5.02 Å². The summed E-state index contributed by atoms with van der Waals surface area (Å²) in [6.07, 6.45) is -0.240. The highest BCUT2D eigenvalue weighted by Gasteiger charge is 2.32. The monoisotopic (exact) mass is 359 g/mol. The Morgan fingerprint density at radius 1 is 1.25 bits per heavy atom. The van der Waals surface area contributed by atoms with Crippen LogP contribution < -0.4 is 15.8 Å². The van der Waals surface area contributed by atoms with E-state index in [0.29, 0.717) is 9.90 Å². The molecular weight excluding hydrogens is 346 g/mol. The van der Waals surface area contributed by atoms with E-state index in [1.54, 1.807) is 24.3 Å². The molecule has 5 nitrogen and oxygen atoms in total. The molecule has 2 heterocycles. The summed E-state index contributed by atoms with van der Waals surface area (Å²) >= 11 is 7.60. The number of thiophene rings is 1. The molecule has 0 saturated heterocycles. The lowest BCUT2D eigenvalue weighted by atomic mass is 10.1. The van der Waals surface area contributed by atoms with Crippen molar-refractivity contribution >= 4 is 50.3 Å². The lowest BCUT2D eigenvalue weighted by Gasteiger charge is -2.36. The van der Waals surface area contributed by atoms with Crippen LogP contribution in [0.5, 0.6) is 5.75 Å². The SMILES string of the molecule is CC1NC(=O)c2sc3ccc(Cl)cc3c2N1Nc1ccc(O)cc1. The van der Waals surface area contributed by atoms with Crippen molar-refractivity contribution in [3.63, 3.8) is 0 Å². The molecule has 1 aliphatic rings. The fraction of sp³-hybridized carbons (Fsp3) is 0.118. The molecule has 0 fully saturated rings. The third kappa shape index (κ3) is 2.44. The Kier molecular flexibility index (Phi) is 3.51. The predicted octanol–water partition coefficient (Wildman–Crippen LogP) is 4.18. The summed E-state index contributed by atoms with van der Waals surface area (Å²) in [7, 11) is 0. The number of hydrazine groups is 1. The van der Waals surface area contributed by atoms with Crippen LogP contribution in [0.3, 0.4) is 0 Å². The third-order valence-electron chi connectivity index (χ3n) is 3.92. The number of fused-ring (bicyclic) bond motifs is 3. The number of carbonyl (C=O) groups is 1. The molecule has 3 N–H and O–H groups in total. The Labute approximate surface area is 147 Å². The molecule has 1 unspecified atom stereocenters. The fourth-order valence-corrected chi connectivity index (χ4v) is 4.04. The number of carbonyl (C=O) groups excluding carboxylic acids is 1. The summed E-state index contributed by atoms with van der Waals surface area (Å²) in [6.45, 7) is 1.91.